The molecule has 0 bridgehead atoms. The molecule has 0 radical (unpaired) electrons. The summed E-state index contributed by atoms with van der Waals surface area (Å²) in [6, 6.07) is 11.4. The molecule has 35 heavy (non-hydrogen) atoms. The number of hydrogen-bond donors (Lipinski definition) is 2. The number of sulfonamides is 1. The lowest BCUT2D eigenvalue weighted by Gasteiger charge is -2.26. The average Bonchev–Trinajstić information content (AvgIpc) is 3.32. The first-order chi connectivity index (χ1) is 16.8. The van der Waals surface area contributed by atoms with Gasteiger partial charge in [0.1, 0.15) is 10.6 Å². The number of nitrogens with one attached hydrogen (secondary N) is 2. The van der Waals surface area contributed by atoms with Crippen molar-refractivity contribution in [2.75, 3.05) is 44.0 Å². The Hall–Kier alpha value is -3.32. The SMILES string of the molecule is COc1ccc(C(=O)Nc2nc(-c3ccc(NC(C)=O)cc3)cs2)cc1S(=O)(=O)N1CCOCC1. The van der Waals surface area contributed by atoms with Crippen molar-refractivity contribution in [2.45, 2.75) is 11.8 Å². The number of rotatable bonds is 7. The van der Waals surface area contributed by atoms with E-state index in [0.29, 0.717) is 29.7 Å². The van der Waals surface area contributed by atoms with Gasteiger partial charge >= 0.3 is 0 Å². The Morgan fingerprint density at radius 3 is 2.46 bits per heavy atom. The molecule has 12 heteroatoms. The highest BCUT2D eigenvalue weighted by molar-refractivity contribution is 7.89. The van der Waals surface area contributed by atoms with E-state index in [9.17, 15) is 18.0 Å². The molecule has 0 aliphatic carbocycles. The molecular weight excluding hydrogens is 492 g/mol. The zero-order valence-corrected chi connectivity index (χ0v) is 20.7. The van der Waals surface area contributed by atoms with Gasteiger partial charge in [-0.1, -0.05) is 12.1 Å². The summed E-state index contributed by atoms with van der Waals surface area (Å²) in [6.45, 7) is 2.52. The van der Waals surface area contributed by atoms with Gasteiger partial charge in [0.15, 0.2) is 5.13 Å². The van der Waals surface area contributed by atoms with Crippen LogP contribution in [0.2, 0.25) is 0 Å². The molecule has 0 unspecified atom stereocenters. The predicted octanol–water partition coefficient (Wildman–Crippen LogP) is 3.05. The van der Waals surface area contributed by atoms with Crippen LogP contribution in [0, 0.1) is 0 Å². The first-order valence-corrected chi connectivity index (χ1v) is 13.0. The molecule has 0 saturated carbocycles. The summed E-state index contributed by atoms with van der Waals surface area (Å²) in [6.07, 6.45) is 0. The normalized spacial score (nSPS) is 14.3. The minimum atomic E-state index is -3.87. The molecular formula is C23H24N4O6S2. The highest BCUT2D eigenvalue weighted by atomic mass is 32.2. The van der Waals surface area contributed by atoms with E-state index in [-0.39, 0.29) is 35.2 Å². The minimum absolute atomic E-state index is 0.0753. The fourth-order valence-corrected chi connectivity index (χ4v) is 5.81. The third-order valence-corrected chi connectivity index (χ3v) is 7.92. The number of hydrogen-bond acceptors (Lipinski definition) is 8. The van der Waals surface area contributed by atoms with Crippen LogP contribution < -0.4 is 15.4 Å². The monoisotopic (exact) mass is 516 g/mol. The largest absolute Gasteiger partial charge is 0.495 e. The molecule has 1 fully saturated rings. The second-order valence-corrected chi connectivity index (χ2v) is 10.4. The second kappa shape index (κ2) is 10.5. The number of ether oxygens (including phenoxy) is 2. The van der Waals surface area contributed by atoms with Crippen LogP contribution in [0.5, 0.6) is 5.75 Å². The summed E-state index contributed by atoms with van der Waals surface area (Å²) >= 11 is 1.24. The summed E-state index contributed by atoms with van der Waals surface area (Å²) in [4.78, 5) is 28.5. The van der Waals surface area contributed by atoms with Crippen molar-refractivity contribution < 1.29 is 27.5 Å². The lowest BCUT2D eigenvalue weighted by molar-refractivity contribution is -0.114. The van der Waals surface area contributed by atoms with Crippen molar-refractivity contribution in [1.29, 1.82) is 0 Å². The number of methoxy groups -OCH3 is 1. The van der Waals surface area contributed by atoms with Gasteiger partial charge in [0, 0.05) is 42.2 Å². The van der Waals surface area contributed by atoms with Crippen LogP contribution in [0.3, 0.4) is 0 Å². The van der Waals surface area contributed by atoms with E-state index in [1.807, 2.05) is 12.1 Å². The van der Waals surface area contributed by atoms with E-state index in [2.05, 4.69) is 15.6 Å². The number of carbonyl (C=O) groups excluding carboxylic acids is 2. The second-order valence-electron chi connectivity index (χ2n) is 7.63. The van der Waals surface area contributed by atoms with Crippen molar-refractivity contribution >= 4 is 44.0 Å². The number of carbonyl (C=O) groups is 2. The van der Waals surface area contributed by atoms with E-state index >= 15 is 0 Å². The summed E-state index contributed by atoms with van der Waals surface area (Å²) in [5, 5.41) is 7.59. The highest BCUT2D eigenvalue weighted by Gasteiger charge is 2.30. The summed E-state index contributed by atoms with van der Waals surface area (Å²) in [5.41, 5.74) is 2.31. The van der Waals surface area contributed by atoms with Crippen molar-refractivity contribution in [1.82, 2.24) is 9.29 Å². The van der Waals surface area contributed by atoms with E-state index in [4.69, 9.17) is 9.47 Å². The van der Waals surface area contributed by atoms with E-state index < -0.39 is 15.9 Å². The smallest absolute Gasteiger partial charge is 0.257 e. The Labute approximate surface area is 206 Å². The van der Waals surface area contributed by atoms with Crippen molar-refractivity contribution in [3.63, 3.8) is 0 Å². The van der Waals surface area contributed by atoms with Gasteiger partial charge in [-0.15, -0.1) is 11.3 Å². The molecule has 1 saturated heterocycles. The van der Waals surface area contributed by atoms with Gasteiger partial charge in [-0.05, 0) is 30.3 Å². The number of benzene rings is 2. The fourth-order valence-electron chi connectivity index (χ4n) is 3.51. The van der Waals surface area contributed by atoms with Gasteiger partial charge < -0.3 is 14.8 Å². The van der Waals surface area contributed by atoms with Gasteiger partial charge in [-0.2, -0.15) is 4.31 Å². The van der Waals surface area contributed by atoms with Crippen LogP contribution in [0.4, 0.5) is 10.8 Å². The average molecular weight is 517 g/mol. The van der Waals surface area contributed by atoms with Crippen molar-refractivity contribution in [3.05, 3.63) is 53.4 Å². The Balaban J connectivity index is 1.52. The number of thiazole rings is 1. The summed E-state index contributed by atoms with van der Waals surface area (Å²) < 4.78 is 38.2. The Morgan fingerprint density at radius 1 is 1.09 bits per heavy atom. The van der Waals surface area contributed by atoms with Crippen LogP contribution in [0.15, 0.2) is 52.7 Å². The topological polar surface area (TPSA) is 127 Å². The first-order valence-electron chi connectivity index (χ1n) is 10.7. The molecule has 0 atom stereocenters. The van der Waals surface area contributed by atoms with Crippen LogP contribution in [0.1, 0.15) is 17.3 Å². The molecule has 1 aliphatic rings. The van der Waals surface area contributed by atoms with Gasteiger partial charge in [-0.3, -0.25) is 14.9 Å². The van der Waals surface area contributed by atoms with Gasteiger partial charge in [0.25, 0.3) is 5.91 Å². The van der Waals surface area contributed by atoms with Crippen molar-refractivity contribution in [2.24, 2.45) is 0 Å². The fraction of sp³-hybridized carbons (Fsp3) is 0.261. The first kappa shape index (κ1) is 24.8. The quantitative estimate of drug-likeness (QED) is 0.494. The lowest BCUT2D eigenvalue weighted by atomic mass is 10.1. The van der Waals surface area contributed by atoms with Crippen molar-refractivity contribution in [3.8, 4) is 17.0 Å². The molecule has 4 rings (SSSR count). The Morgan fingerprint density at radius 2 is 1.80 bits per heavy atom. The molecule has 0 spiro atoms. The number of anilines is 2. The van der Waals surface area contributed by atoms with Crippen LogP contribution in [-0.2, 0) is 19.6 Å². The maximum absolute atomic E-state index is 13.2. The van der Waals surface area contributed by atoms with E-state index in [1.165, 1.54) is 47.9 Å². The maximum atomic E-state index is 13.2. The predicted molar refractivity (Wildman–Crippen MR) is 132 cm³/mol. The molecule has 1 aliphatic heterocycles. The van der Waals surface area contributed by atoms with Gasteiger partial charge in [-0.25, -0.2) is 13.4 Å². The molecule has 3 aromatic rings. The van der Waals surface area contributed by atoms with E-state index in [1.54, 1.807) is 17.5 Å². The third kappa shape index (κ3) is 5.68. The number of nitrogens with zero attached hydrogens (tertiary/aromatic N) is 2. The molecule has 10 nitrogen and oxygen atoms in total. The lowest BCUT2D eigenvalue weighted by Crippen LogP contribution is -2.40. The number of aromatic nitrogens is 1. The Kier molecular flexibility index (Phi) is 7.45. The highest BCUT2D eigenvalue weighted by Crippen LogP contribution is 2.30. The molecule has 1 aromatic heterocycles. The Bertz CT molecular complexity index is 1330. The van der Waals surface area contributed by atoms with E-state index in [0.717, 1.165) is 5.56 Å². The minimum Gasteiger partial charge on any atom is -0.495 e. The molecule has 2 aromatic carbocycles. The van der Waals surface area contributed by atoms with Gasteiger partial charge in [0.05, 0.1) is 26.0 Å². The standard InChI is InChI=1S/C23H24N4O6S2/c1-15(28)24-18-6-3-16(4-7-18)19-14-34-23(25-19)26-22(29)17-5-8-20(32-2)21(13-17)35(30,31)27-9-11-33-12-10-27/h3-8,13-14H,9-12H2,1-2H3,(H,24,28)(H,25,26,29). The third-order valence-electron chi connectivity index (χ3n) is 5.24. The molecule has 2 heterocycles. The molecule has 184 valence electrons. The molecule has 2 amide bonds. The van der Waals surface area contributed by atoms with Crippen LogP contribution in [0.25, 0.3) is 11.3 Å². The zero-order valence-electron chi connectivity index (χ0n) is 19.1. The van der Waals surface area contributed by atoms with Gasteiger partial charge in [0.2, 0.25) is 15.9 Å². The maximum Gasteiger partial charge on any atom is 0.257 e. The summed E-state index contributed by atoms with van der Waals surface area (Å²) in [7, 11) is -2.49. The molecule has 2 N–H and O–H groups in total. The van der Waals surface area contributed by atoms with Crippen LogP contribution in [-0.4, -0.2) is 62.9 Å². The number of morpholine rings is 1. The summed E-state index contributed by atoms with van der Waals surface area (Å²) in [5.74, 6) is -0.490. The van der Waals surface area contributed by atoms with Crippen LogP contribution >= 0.6 is 11.3 Å². The zero-order chi connectivity index (χ0) is 25.0. The number of amides is 2.